The topological polar surface area (TPSA) is 91.7 Å². The van der Waals surface area contributed by atoms with Crippen molar-refractivity contribution in [1.29, 1.82) is 0 Å². The Morgan fingerprint density at radius 3 is 2.34 bits per heavy atom. The van der Waals surface area contributed by atoms with Gasteiger partial charge in [-0.3, -0.25) is 14.9 Å². The minimum atomic E-state index is -0.708. The maximum absolute atomic E-state index is 12.8. The van der Waals surface area contributed by atoms with E-state index in [0.29, 0.717) is 11.4 Å². The molecule has 4 N–H and O–H groups in total. The maximum atomic E-state index is 12.8. The molecule has 0 spiro atoms. The summed E-state index contributed by atoms with van der Waals surface area (Å²) in [6.45, 7) is 2.24. The Bertz CT molecular complexity index is 845. The fourth-order valence-electron chi connectivity index (χ4n) is 2.99. The third-order valence-electron chi connectivity index (χ3n) is 4.28. The number of hydrogen-bond acceptors (Lipinski definition) is 4. The zero-order chi connectivity index (χ0) is 21.2. The second-order valence-electron chi connectivity index (χ2n) is 6.46. The Morgan fingerprint density at radius 2 is 1.69 bits per heavy atom. The highest BCUT2D eigenvalue weighted by atomic mass is 32.2. The van der Waals surface area contributed by atoms with Gasteiger partial charge in [-0.25, -0.2) is 4.79 Å². The summed E-state index contributed by atoms with van der Waals surface area (Å²) in [5, 5.41) is 7.81. The van der Waals surface area contributed by atoms with Gasteiger partial charge in [0, 0.05) is 17.0 Å². The average Bonchev–Trinajstić information content (AvgIpc) is 2.69. The largest absolute Gasteiger partial charge is 0.338 e. The van der Waals surface area contributed by atoms with Crippen LogP contribution in [0.15, 0.2) is 59.5 Å². The van der Waals surface area contributed by atoms with E-state index in [1.165, 1.54) is 0 Å². The van der Waals surface area contributed by atoms with Crippen molar-refractivity contribution in [1.82, 2.24) is 10.6 Å². The molecule has 2 aromatic carbocycles. The molecule has 7 nitrogen and oxygen atoms in total. The predicted molar refractivity (Wildman–Crippen MR) is 115 cm³/mol. The quantitative estimate of drug-likeness (QED) is 0.491. The Morgan fingerprint density at radius 1 is 1.03 bits per heavy atom. The van der Waals surface area contributed by atoms with Crippen LogP contribution in [0.5, 0.6) is 0 Å². The summed E-state index contributed by atoms with van der Waals surface area (Å²) < 4.78 is 0. The molecule has 0 saturated heterocycles. The number of carbonyl (C=O) groups is 3. The van der Waals surface area contributed by atoms with Crippen LogP contribution in [-0.4, -0.2) is 44.2 Å². The summed E-state index contributed by atoms with van der Waals surface area (Å²) >= 11 is 1.55. The van der Waals surface area contributed by atoms with E-state index in [0.717, 1.165) is 16.1 Å². The number of carbonyl (C=O) groups excluding carboxylic acids is 3. The van der Waals surface area contributed by atoms with Gasteiger partial charge >= 0.3 is 6.03 Å². The molecule has 2 atom stereocenters. The van der Waals surface area contributed by atoms with Crippen molar-refractivity contribution in [2.75, 3.05) is 31.7 Å². The van der Waals surface area contributed by atoms with Crippen LogP contribution in [-0.2, 0) is 9.59 Å². The number of likely N-dealkylation sites (N-methyl/N-ethyl adjacent to an activating group) is 1. The molecular formula is C21H27N4O3S+. The first kappa shape index (κ1) is 22.4. The summed E-state index contributed by atoms with van der Waals surface area (Å²) in [5.41, 5.74) is 1.46. The number of imide groups is 1. The molecule has 8 heteroatoms. The normalized spacial score (nSPS) is 12.5. The molecule has 0 aliphatic carbocycles. The van der Waals surface area contributed by atoms with Gasteiger partial charge in [0.15, 0.2) is 12.6 Å². The van der Waals surface area contributed by atoms with Crippen LogP contribution in [0, 0.1) is 0 Å². The molecule has 4 amide bonds. The van der Waals surface area contributed by atoms with Gasteiger partial charge in [-0.15, -0.1) is 11.8 Å². The second kappa shape index (κ2) is 11.2. The monoisotopic (exact) mass is 415 g/mol. The average molecular weight is 416 g/mol. The van der Waals surface area contributed by atoms with Crippen LogP contribution in [0.25, 0.3) is 0 Å². The van der Waals surface area contributed by atoms with Gasteiger partial charge in [0.05, 0.1) is 12.7 Å². The number of hydrogen-bond donors (Lipinski definition) is 4. The molecule has 154 valence electrons. The fourth-order valence-corrected chi connectivity index (χ4v) is 3.55. The molecule has 0 heterocycles. The van der Waals surface area contributed by atoms with Gasteiger partial charge in [-0.1, -0.05) is 42.5 Å². The predicted octanol–water partition coefficient (Wildman–Crippen LogP) is 1.45. The Hall–Kier alpha value is -2.84. The van der Waals surface area contributed by atoms with Crippen LogP contribution >= 0.6 is 11.8 Å². The van der Waals surface area contributed by atoms with Crippen molar-refractivity contribution in [3.05, 3.63) is 60.2 Å². The number of amides is 4. The van der Waals surface area contributed by atoms with Crippen LogP contribution in [0.3, 0.4) is 0 Å². The summed E-state index contributed by atoms with van der Waals surface area (Å²) in [7, 11) is 1.76. The molecule has 0 saturated carbocycles. The molecule has 0 aliphatic heterocycles. The zero-order valence-electron chi connectivity index (χ0n) is 16.8. The highest BCUT2D eigenvalue weighted by Gasteiger charge is 2.31. The van der Waals surface area contributed by atoms with E-state index in [9.17, 15) is 14.4 Å². The Balaban J connectivity index is 2.14. The molecular weight excluding hydrogens is 388 g/mol. The molecule has 0 bridgehead atoms. The number of para-hydroxylation sites is 1. The van der Waals surface area contributed by atoms with Gasteiger partial charge < -0.3 is 15.5 Å². The third kappa shape index (κ3) is 6.62. The lowest BCUT2D eigenvalue weighted by atomic mass is 10.0. The number of rotatable bonds is 8. The van der Waals surface area contributed by atoms with Crippen molar-refractivity contribution in [2.24, 2.45) is 0 Å². The first-order valence-electron chi connectivity index (χ1n) is 9.35. The van der Waals surface area contributed by atoms with E-state index in [1.54, 1.807) is 25.7 Å². The lowest BCUT2D eigenvalue weighted by Gasteiger charge is -2.24. The summed E-state index contributed by atoms with van der Waals surface area (Å²) in [6, 6.07) is 15.4. The third-order valence-corrected chi connectivity index (χ3v) is 5.08. The van der Waals surface area contributed by atoms with Crippen molar-refractivity contribution in [2.45, 2.75) is 17.9 Å². The lowest BCUT2D eigenvalue weighted by molar-refractivity contribution is -0.894. The molecule has 1 unspecified atom stereocenters. The van der Waals surface area contributed by atoms with E-state index in [4.69, 9.17) is 0 Å². The van der Waals surface area contributed by atoms with E-state index in [2.05, 4.69) is 16.0 Å². The van der Waals surface area contributed by atoms with Crippen molar-refractivity contribution in [3.8, 4) is 0 Å². The molecule has 2 aromatic rings. The number of thioether (sulfide) groups is 1. The van der Waals surface area contributed by atoms with Gasteiger partial charge in [0.1, 0.15) is 0 Å². The van der Waals surface area contributed by atoms with Gasteiger partial charge in [-0.2, -0.15) is 0 Å². The highest BCUT2D eigenvalue weighted by Crippen LogP contribution is 2.24. The summed E-state index contributed by atoms with van der Waals surface area (Å²) in [4.78, 5) is 38.8. The van der Waals surface area contributed by atoms with E-state index < -0.39 is 18.0 Å². The summed E-state index contributed by atoms with van der Waals surface area (Å²) in [5.74, 6) is -0.673. The van der Waals surface area contributed by atoms with Crippen LogP contribution in [0.1, 0.15) is 18.5 Å². The number of benzene rings is 2. The SMILES string of the molecule is CCNC(=O)NC(=O)[C@@H](c1ccccc1)[NH+](C)CC(=O)Nc1ccccc1SC. The first-order chi connectivity index (χ1) is 14.0. The molecule has 0 aromatic heterocycles. The molecule has 0 aliphatic rings. The van der Waals surface area contributed by atoms with E-state index in [1.807, 2.05) is 60.9 Å². The minimum Gasteiger partial charge on any atom is -0.338 e. The number of anilines is 1. The smallest absolute Gasteiger partial charge is 0.321 e. The molecule has 0 fully saturated rings. The molecule has 29 heavy (non-hydrogen) atoms. The first-order valence-corrected chi connectivity index (χ1v) is 10.6. The van der Waals surface area contributed by atoms with Gasteiger partial charge in [0.25, 0.3) is 11.8 Å². The van der Waals surface area contributed by atoms with Gasteiger partial charge in [-0.05, 0) is 25.3 Å². The van der Waals surface area contributed by atoms with Crippen LogP contribution in [0.4, 0.5) is 10.5 Å². The van der Waals surface area contributed by atoms with Crippen LogP contribution in [0.2, 0.25) is 0 Å². The van der Waals surface area contributed by atoms with Crippen molar-refractivity contribution < 1.29 is 19.3 Å². The molecule has 0 radical (unpaired) electrons. The number of quaternary nitrogens is 1. The maximum Gasteiger partial charge on any atom is 0.321 e. The second-order valence-corrected chi connectivity index (χ2v) is 7.31. The van der Waals surface area contributed by atoms with Gasteiger partial charge in [0.2, 0.25) is 0 Å². The van der Waals surface area contributed by atoms with Crippen LogP contribution < -0.4 is 20.9 Å². The van der Waals surface area contributed by atoms with Crippen molar-refractivity contribution in [3.63, 3.8) is 0 Å². The Kier molecular flexibility index (Phi) is 8.69. The standard InChI is InChI=1S/C21H26N4O3S/c1-4-22-21(28)24-20(27)19(15-10-6-5-7-11-15)25(2)14-18(26)23-16-12-8-9-13-17(16)29-3/h5-13,19H,4,14H2,1-3H3,(H,23,26)(H2,22,24,27,28)/p+1/t19-/m1/s1. The number of nitrogens with one attached hydrogen (secondary N) is 4. The number of urea groups is 1. The lowest BCUT2D eigenvalue weighted by Crippen LogP contribution is -3.11. The summed E-state index contributed by atoms with van der Waals surface area (Å²) in [6.07, 6.45) is 1.94. The minimum absolute atomic E-state index is 0.0606. The van der Waals surface area contributed by atoms with E-state index >= 15 is 0 Å². The highest BCUT2D eigenvalue weighted by molar-refractivity contribution is 7.98. The van der Waals surface area contributed by atoms with E-state index in [-0.39, 0.29) is 12.5 Å². The fraction of sp³-hybridized carbons (Fsp3) is 0.286. The Labute approximate surface area is 175 Å². The van der Waals surface area contributed by atoms with Crippen molar-refractivity contribution >= 4 is 35.3 Å². The zero-order valence-corrected chi connectivity index (χ0v) is 17.6. The molecule has 2 rings (SSSR count).